The van der Waals surface area contributed by atoms with Crippen molar-refractivity contribution in [1.29, 1.82) is 0 Å². The number of aromatic nitrogens is 1. The van der Waals surface area contributed by atoms with Crippen LogP contribution in [-0.2, 0) is 5.54 Å². The highest BCUT2D eigenvalue weighted by Crippen LogP contribution is 2.54. The van der Waals surface area contributed by atoms with Gasteiger partial charge in [-0.25, -0.2) is 0 Å². The molecule has 0 unspecified atom stereocenters. The first-order valence-corrected chi connectivity index (χ1v) is 9.26. The van der Waals surface area contributed by atoms with E-state index >= 15 is 0 Å². The number of benzene rings is 2. The fourth-order valence-corrected chi connectivity index (χ4v) is 4.34. The Kier molecular flexibility index (Phi) is 3.04. The number of fused-ring (bicyclic) bond motifs is 4. The number of hydrogen-bond donors (Lipinski definition) is 0. The van der Waals surface area contributed by atoms with Crippen molar-refractivity contribution in [2.75, 3.05) is 7.05 Å². The Morgan fingerprint density at radius 2 is 1.76 bits per heavy atom. The van der Waals surface area contributed by atoms with Crippen LogP contribution in [0, 0.1) is 0 Å². The summed E-state index contributed by atoms with van der Waals surface area (Å²) in [7, 11) is 1.94. The fraction of sp³-hybridized carbons (Fsp3) is 0.190. The molecule has 3 nitrogen and oxygen atoms in total. The summed E-state index contributed by atoms with van der Waals surface area (Å²) in [4.78, 5) is 15.1. The van der Waals surface area contributed by atoms with Gasteiger partial charge in [0.05, 0.1) is 11.2 Å². The molecule has 1 aliphatic carbocycles. The second kappa shape index (κ2) is 5.09. The van der Waals surface area contributed by atoms with Gasteiger partial charge in [0.2, 0.25) is 0 Å². The molecule has 0 atom stereocenters. The maximum atomic E-state index is 13.2. The Morgan fingerprint density at radius 3 is 2.48 bits per heavy atom. The Hall–Kier alpha value is -2.33. The van der Waals surface area contributed by atoms with Crippen molar-refractivity contribution in [3.8, 4) is 16.8 Å². The van der Waals surface area contributed by atoms with E-state index in [9.17, 15) is 4.79 Å². The molecule has 2 heterocycles. The van der Waals surface area contributed by atoms with E-state index in [1.54, 1.807) is 0 Å². The number of rotatable bonds is 1. The summed E-state index contributed by atoms with van der Waals surface area (Å²) in [6.07, 6.45) is 4.13. The predicted molar refractivity (Wildman–Crippen MR) is 102 cm³/mol. The number of carbonyl (C=O) groups excluding carboxylic acids is 1. The Labute approximate surface area is 155 Å². The minimum Gasteiger partial charge on any atom is -0.331 e. The normalized spacial score (nSPS) is 17.2. The van der Waals surface area contributed by atoms with E-state index in [0.717, 1.165) is 39.8 Å². The van der Waals surface area contributed by atoms with Crippen LogP contribution >= 0.6 is 15.9 Å². The largest absolute Gasteiger partial charge is 0.331 e. The average molecular weight is 393 g/mol. The number of hydrogen-bond acceptors (Lipinski definition) is 1. The van der Waals surface area contributed by atoms with Gasteiger partial charge in [-0.1, -0.05) is 46.3 Å². The van der Waals surface area contributed by atoms with Crippen LogP contribution in [0.5, 0.6) is 0 Å². The van der Waals surface area contributed by atoms with Crippen LogP contribution in [0.15, 0.2) is 65.3 Å². The second-order valence-electron chi connectivity index (χ2n) is 6.91. The highest BCUT2D eigenvalue weighted by Gasteiger charge is 2.53. The summed E-state index contributed by atoms with van der Waals surface area (Å²) in [5.41, 5.74) is 5.11. The summed E-state index contributed by atoms with van der Waals surface area (Å²) < 4.78 is 3.12. The third-order valence-electron chi connectivity index (χ3n) is 5.54. The third kappa shape index (κ3) is 2.07. The van der Waals surface area contributed by atoms with Gasteiger partial charge in [-0.2, -0.15) is 0 Å². The Bertz CT molecular complexity index is 1000. The van der Waals surface area contributed by atoms with Crippen molar-refractivity contribution in [1.82, 2.24) is 9.47 Å². The van der Waals surface area contributed by atoms with Gasteiger partial charge in [0.15, 0.2) is 0 Å². The van der Waals surface area contributed by atoms with Crippen LogP contribution < -0.4 is 0 Å². The van der Waals surface area contributed by atoms with Gasteiger partial charge in [0, 0.05) is 28.8 Å². The van der Waals surface area contributed by atoms with Gasteiger partial charge in [-0.15, -0.1) is 0 Å². The maximum Gasteiger partial charge on any atom is 0.271 e. The lowest BCUT2D eigenvalue weighted by molar-refractivity contribution is 0.0705. The van der Waals surface area contributed by atoms with E-state index in [1.165, 1.54) is 5.56 Å². The maximum absolute atomic E-state index is 13.2. The molecule has 0 radical (unpaired) electrons. The van der Waals surface area contributed by atoms with Crippen LogP contribution in [-0.4, -0.2) is 22.4 Å². The van der Waals surface area contributed by atoms with Crippen LogP contribution in [0.2, 0.25) is 0 Å². The standard InChI is InChI=1S/C21H17BrN2O/c1-23-20(25)19-11-15(14-5-3-2-4-6-14)13-24(19)18-8-7-16(22)12-17(18)21(23)9-10-21/h2-8,11-13H,9-10H2,1H3. The summed E-state index contributed by atoms with van der Waals surface area (Å²) in [6.45, 7) is 0. The molecule has 1 fully saturated rings. The van der Waals surface area contributed by atoms with Gasteiger partial charge in [-0.05, 0) is 42.7 Å². The van der Waals surface area contributed by atoms with Crippen LogP contribution in [0.1, 0.15) is 28.9 Å². The zero-order chi connectivity index (χ0) is 17.2. The van der Waals surface area contributed by atoms with Crippen molar-refractivity contribution in [3.63, 3.8) is 0 Å². The number of halogens is 1. The van der Waals surface area contributed by atoms with Crippen molar-refractivity contribution in [3.05, 3.63) is 76.5 Å². The van der Waals surface area contributed by atoms with Gasteiger partial charge in [0.1, 0.15) is 5.69 Å². The van der Waals surface area contributed by atoms with E-state index in [-0.39, 0.29) is 11.4 Å². The van der Waals surface area contributed by atoms with E-state index in [1.807, 2.05) is 36.2 Å². The summed E-state index contributed by atoms with van der Waals surface area (Å²) in [5, 5.41) is 0. The molecule has 1 saturated carbocycles. The van der Waals surface area contributed by atoms with E-state index in [2.05, 4.69) is 57.0 Å². The molecule has 4 heteroatoms. The lowest BCUT2D eigenvalue weighted by Crippen LogP contribution is -2.36. The molecular formula is C21H17BrN2O. The van der Waals surface area contributed by atoms with Crippen molar-refractivity contribution < 1.29 is 4.79 Å². The lowest BCUT2D eigenvalue weighted by Gasteiger charge is -2.27. The average Bonchev–Trinajstić information content (AvgIpc) is 3.34. The van der Waals surface area contributed by atoms with Crippen LogP contribution in [0.3, 0.4) is 0 Å². The molecule has 124 valence electrons. The SMILES string of the molecule is CN1C(=O)c2cc(-c3ccccc3)cn2-c2ccc(Br)cc2C12CC2. The zero-order valence-electron chi connectivity index (χ0n) is 13.9. The topological polar surface area (TPSA) is 25.2 Å². The minimum atomic E-state index is -0.151. The second-order valence-corrected chi connectivity index (χ2v) is 7.82. The van der Waals surface area contributed by atoms with E-state index in [0.29, 0.717) is 0 Å². The quantitative estimate of drug-likeness (QED) is 0.572. The molecule has 1 aliphatic heterocycles. The van der Waals surface area contributed by atoms with Crippen molar-refractivity contribution >= 4 is 21.8 Å². The summed E-state index contributed by atoms with van der Waals surface area (Å²) in [5.74, 6) is 0.0898. The highest BCUT2D eigenvalue weighted by molar-refractivity contribution is 9.10. The molecule has 1 spiro atoms. The Balaban J connectivity index is 1.78. The van der Waals surface area contributed by atoms with Crippen molar-refractivity contribution in [2.45, 2.75) is 18.4 Å². The van der Waals surface area contributed by atoms with Gasteiger partial charge >= 0.3 is 0 Å². The monoisotopic (exact) mass is 392 g/mol. The molecule has 0 saturated heterocycles. The fourth-order valence-electron chi connectivity index (χ4n) is 3.98. The molecule has 1 aromatic heterocycles. The van der Waals surface area contributed by atoms with Crippen LogP contribution in [0.25, 0.3) is 16.8 Å². The first-order chi connectivity index (χ1) is 12.1. The zero-order valence-corrected chi connectivity index (χ0v) is 15.5. The molecule has 0 bridgehead atoms. The highest BCUT2D eigenvalue weighted by atomic mass is 79.9. The smallest absolute Gasteiger partial charge is 0.271 e. The molecule has 2 aromatic carbocycles. The number of carbonyl (C=O) groups is 1. The lowest BCUT2D eigenvalue weighted by atomic mass is 10.0. The summed E-state index contributed by atoms with van der Waals surface area (Å²) in [6, 6.07) is 18.6. The van der Waals surface area contributed by atoms with E-state index < -0.39 is 0 Å². The van der Waals surface area contributed by atoms with Gasteiger partial charge in [-0.3, -0.25) is 4.79 Å². The molecule has 3 aromatic rings. The van der Waals surface area contributed by atoms with Gasteiger partial charge in [0.25, 0.3) is 5.91 Å². The molecule has 5 rings (SSSR count). The molecule has 1 amide bonds. The minimum absolute atomic E-state index is 0.0898. The molecular weight excluding hydrogens is 376 g/mol. The summed E-state index contributed by atoms with van der Waals surface area (Å²) >= 11 is 3.60. The van der Waals surface area contributed by atoms with Crippen molar-refractivity contribution in [2.24, 2.45) is 0 Å². The number of amides is 1. The Morgan fingerprint density at radius 1 is 1.00 bits per heavy atom. The molecule has 2 aliphatic rings. The molecule has 25 heavy (non-hydrogen) atoms. The first kappa shape index (κ1) is 15.0. The van der Waals surface area contributed by atoms with E-state index in [4.69, 9.17) is 0 Å². The molecule has 0 N–H and O–H groups in total. The number of nitrogens with zero attached hydrogens (tertiary/aromatic N) is 2. The van der Waals surface area contributed by atoms with Gasteiger partial charge < -0.3 is 9.47 Å². The third-order valence-corrected chi connectivity index (χ3v) is 6.03. The predicted octanol–water partition coefficient (Wildman–Crippen LogP) is 4.98. The first-order valence-electron chi connectivity index (χ1n) is 8.46. The van der Waals surface area contributed by atoms with Crippen LogP contribution in [0.4, 0.5) is 0 Å².